The Balaban J connectivity index is 1.91. The highest BCUT2D eigenvalue weighted by molar-refractivity contribution is 5.73. The second-order valence-electron chi connectivity index (χ2n) is 3.17. The fourth-order valence-corrected chi connectivity index (χ4v) is 1.27. The summed E-state index contributed by atoms with van der Waals surface area (Å²) in [4.78, 5) is 3.96. The lowest BCUT2D eigenvalue weighted by molar-refractivity contribution is 0.235. The molecule has 0 fully saturated rings. The first-order valence-electron chi connectivity index (χ1n) is 4.59. The van der Waals surface area contributed by atoms with Gasteiger partial charge in [0.1, 0.15) is 19.3 Å². The number of halogens is 1. The van der Waals surface area contributed by atoms with Crippen LogP contribution in [0.4, 0.5) is 4.39 Å². The topological polar surface area (TPSA) is 56.8 Å². The van der Waals surface area contributed by atoms with Gasteiger partial charge in [-0.25, -0.2) is 9.38 Å². The van der Waals surface area contributed by atoms with Crippen molar-refractivity contribution in [1.29, 1.82) is 0 Å². The number of amidine groups is 1. The molecule has 2 rings (SSSR count). The Morgan fingerprint density at radius 2 is 2.33 bits per heavy atom. The van der Waals surface area contributed by atoms with E-state index in [1.807, 2.05) is 0 Å². The lowest BCUT2D eigenvalue weighted by Crippen LogP contribution is -2.17. The highest BCUT2D eigenvalue weighted by Crippen LogP contribution is 2.16. The van der Waals surface area contributed by atoms with E-state index in [2.05, 4.69) is 4.99 Å². The van der Waals surface area contributed by atoms with Crippen molar-refractivity contribution in [3.05, 3.63) is 30.1 Å². The first kappa shape index (κ1) is 9.76. The van der Waals surface area contributed by atoms with E-state index >= 15 is 0 Å². The van der Waals surface area contributed by atoms with E-state index < -0.39 is 0 Å². The van der Waals surface area contributed by atoms with Gasteiger partial charge in [-0.3, -0.25) is 0 Å². The number of nitrogens with two attached hydrogens (primary N) is 1. The van der Waals surface area contributed by atoms with Crippen LogP contribution in [-0.4, -0.2) is 25.3 Å². The normalized spacial score (nSPS) is 19.5. The smallest absolute Gasteiger partial charge is 0.282 e. The molecule has 0 aromatic heterocycles. The van der Waals surface area contributed by atoms with Crippen LogP contribution in [-0.2, 0) is 4.74 Å². The molecule has 0 unspecified atom stereocenters. The predicted molar refractivity (Wildman–Crippen MR) is 53.3 cm³/mol. The molecule has 80 valence electrons. The number of rotatable bonds is 3. The van der Waals surface area contributed by atoms with Crippen LogP contribution < -0.4 is 10.5 Å². The highest BCUT2D eigenvalue weighted by Gasteiger charge is 2.17. The van der Waals surface area contributed by atoms with Crippen molar-refractivity contribution in [2.45, 2.75) is 6.04 Å². The summed E-state index contributed by atoms with van der Waals surface area (Å²) in [5.41, 5.74) is 5.32. The zero-order chi connectivity index (χ0) is 10.7. The molecule has 0 saturated heterocycles. The molecule has 1 atom stereocenters. The predicted octanol–water partition coefficient (Wildman–Crippen LogP) is 0.918. The first-order chi connectivity index (χ1) is 7.25. The summed E-state index contributed by atoms with van der Waals surface area (Å²) in [6.45, 7) is 0.655. The molecule has 0 bridgehead atoms. The molecular weight excluding hydrogens is 199 g/mol. The molecule has 1 aliphatic rings. The van der Waals surface area contributed by atoms with Crippen molar-refractivity contribution in [3.8, 4) is 5.75 Å². The maximum Gasteiger partial charge on any atom is 0.282 e. The fourth-order valence-electron chi connectivity index (χ4n) is 1.27. The first-order valence-corrected chi connectivity index (χ1v) is 4.59. The molecule has 2 N–H and O–H groups in total. The molecule has 15 heavy (non-hydrogen) atoms. The second kappa shape index (κ2) is 4.16. The number of ether oxygens (including phenoxy) is 2. The maximum absolute atomic E-state index is 13.1. The van der Waals surface area contributed by atoms with Gasteiger partial charge in [-0.2, -0.15) is 0 Å². The summed E-state index contributed by atoms with van der Waals surface area (Å²) in [6, 6.07) is 6.25. The highest BCUT2D eigenvalue weighted by atomic mass is 19.1. The molecule has 0 saturated carbocycles. The van der Waals surface area contributed by atoms with Crippen LogP contribution in [0.2, 0.25) is 0 Å². The second-order valence-corrected chi connectivity index (χ2v) is 3.17. The number of hydrogen-bond donors (Lipinski definition) is 1. The Bertz CT molecular complexity index is 381. The Morgan fingerprint density at radius 1 is 1.53 bits per heavy atom. The largest absolute Gasteiger partial charge is 0.488 e. The number of para-hydroxylation sites is 1. The zero-order valence-corrected chi connectivity index (χ0v) is 8.02. The zero-order valence-electron chi connectivity index (χ0n) is 8.02. The van der Waals surface area contributed by atoms with Crippen molar-refractivity contribution in [3.63, 3.8) is 0 Å². The van der Waals surface area contributed by atoms with Crippen molar-refractivity contribution in [1.82, 2.24) is 0 Å². The molecule has 0 amide bonds. The standard InChI is InChI=1S/C10H11FN2O2/c11-8-3-1-2-4-9(8)14-5-7-6-15-10(12)13-7/h1-4,7H,5-6H2,(H2,12,13)/t7-/m0/s1. The lowest BCUT2D eigenvalue weighted by atomic mass is 10.3. The van der Waals surface area contributed by atoms with Gasteiger partial charge in [-0.05, 0) is 12.1 Å². The van der Waals surface area contributed by atoms with E-state index in [0.717, 1.165) is 0 Å². The van der Waals surface area contributed by atoms with Crippen molar-refractivity contribution < 1.29 is 13.9 Å². The SMILES string of the molecule is NC1=N[C@@H](COc2ccccc2F)CO1. The van der Waals surface area contributed by atoms with E-state index in [0.29, 0.717) is 6.61 Å². The lowest BCUT2D eigenvalue weighted by Gasteiger charge is -2.08. The third-order valence-corrected chi connectivity index (χ3v) is 2.00. The Hall–Kier alpha value is -1.78. The van der Waals surface area contributed by atoms with Gasteiger partial charge >= 0.3 is 0 Å². The van der Waals surface area contributed by atoms with Gasteiger partial charge in [0.25, 0.3) is 6.02 Å². The van der Waals surface area contributed by atoms with Gasteiger partial charge in [0.05, 0.1) is 0 Å². The quantitative estimate of drug-likeness (QED) is 0.807. The van der Waals surface area contributed by atoms with Crippen LogP contribution in [0.25, 0.3) is 0 Å². The number of hydrogen-bond acceptors (Lipinski definition) is 4. The molecule has 0 aliphatic carbocycles. The van der Waals surface area contributed by atoms with Gasteiger partial charge in [0.2, 0.25) is 0 Å². The molecule has 0 radical (unpaired) electrons. The van der Waals surface area contributed by atoms with Crippen molar-refractivity contribution >= 4 is 6.02 Å². The van der Waals surface area contributed by atoms with Gasteiger partial charge in [0, 0.05) is 0 Å². The Kier molecular flexibility index (Phi) is 2.71. The minimum atomic E-state index is -0.381. The van der Waals surface area contributed by atoms with Crippen LogP contribution in [0.5, 0.6) is 5.75 Å². The van der Waals surface area contributed by atoms with Crippen LogP contribution in [0.15, 0.2) is 29.3 Å². The average Bonchev–Trinajstić information content (AvgIpc) is 2.63. The fraction of sp³-hybridized carbons (Fsp3) is 0.300. The third-order valence-electron chi connectivity index (χ3n) is 2.00. The van der Waals surface area contributed by atoms with Crippen LogP contribution in [0.3, 0.4) is 0 Å². The number of nitrogens with zero attached hydrogens (tertiary/aromatic N) is 1. The summed E-state index contributed by atoms with van der Waals surface area (Å²) in [7, 11) is 0. The number of aliphatic imine (C=N–C) groups is 1. The molecule has 1 aliphatic heterocycles. The molecule has 1 heterocycles. The summed E-state index contributed by atoms with van der Waals surface area (Å²) in [6.07, 6.45) is 0. The molecule has 1 aromatic carbocycles. The van der Waals surface area contributed by atoms with Gasteiger partial charge in [0.15, 0.2) is 11.6 Å². The molecule has 0 spiro atoms. The summed E-state index contributed by atoms with van der Waals surface area (Å²) >= 11 is 0. The maximum atomic E-state index is 13.1. The summed E-state index contributed by atoms with van der Waals surface area (Å²) < 4.78 is 23.3. The van der Waals surface area contributed by atoms with Crippen LogP contribution in [0.1, 0.15) is 0 Å². The van der Waals surface area contributed by atoms with Gasteiger partial charge in [-0.1, -0.05) is 12.1 Å². The van der Waals surface area contributed by atoms with E-state index in [1.165, 1.54) is 6.07 Å². The monoisotopic (exact) mass is 210 g/mol. The Labute approximate surface area is 86.5 Å². The van der Waals surface area contributed by atoms with E-state index in [9.17, 15) is 4.39 Å². The number of benzene rings is 1. The summed E-state index contributed by atoms with van der Waals surface area (Å²) in [5.74, 6) is -0.161. The third kappa shape index (κ3) is 2.37. The van der Waals surface area contributed by atoms with Crippen molar-refractivity contribution in [2.75, 3.05) is 13.2 Å². The average molecular weight is 210 g/mol. The molecule has 5 heteroatoms. The molecule has 4 nitrogen and oxygen atoms in total. The van der Waals surface area contributed by atoms with Gasteiger partial charge in [-0.15, -0.1) is 0 Å². The Morgan fingerprint density at radius 3 is 3.00 bits per heavy atom. The van der Waals surface area contributed by atoms with Crippen molar-refractivity contribution in [2.24, 2.45) is 10.7 Å². The van der Waals surface area contributed by atoms with Crippen LogP contribution in [0, 0.1) is 5.82 Å². The summed E-state index contributed by atoms with van der Waals surface area (Å²) in [5, 5.41) is 0. The van der Waals surface area contributed by atoms with E-state index in [4.69, 9.17) is 15.2 Å². The minimum absolute atomic E-state index is 0.149. The van der Waals surface area contributed by atoms with Gasteiger partial charge < -0.3 is 15.2 Å². The van der Waals surface area contributed by atoms with E-state index in [1.54, 1.807) is 18.2 Å². The molecular formula is C10H11FN2O2. The van der Waals surface area contributed by atoms with E-state index in [-0.39, 0.29) is 30.2 Å². The minimum Gasteiger partial charge on any atom is -0.488 e. The molecule has 1 aromatic rings. The van der Waals surface area contributed by atoms with Crippen LogP contribution >= 0.6 is 0 Å².